The Bertz CT molecular complexity index is 620. The average molecular weight is 239 g/mol. The van der Waals surface area contributed by atoms with Gasteiger partial charge in [0.1, 0.15) is 0 Å². The predicted molar refractivity (Wildman–Crippen MR) is 70.6 cm³/mol. The number of benzene rings is 2. The van der Waals surface area contributed by atoms with Gasteiger partial charge in [0.2, 0.25) is 0 Å². The summed E-state index contributed by atoms with van der Waals surface area (Å²) in [4.78, 5) is 10.8. The van der Waals surface area contributed by atoms with Crippen molar-refractivity contribution in [2.24, 2.45) is 0 Å². The van der Waals surface area contributed by atoms with Crippen molar-refractivity contribution >= 4 is 5.69 Å². The average Bonchev–Trinajstić information content (AvgIpc) is 2.86. The molecule has 2 aromatic carbocycles. The van der Waals surface area contributed by atoms with Gasteiger partial charge in [0.05, 0.1) is 10.5 Å². The number of nitro benzene ring substituents is 1. The van der Waals surface area contributed by atoms with E-state index in [4.69, 9.17) is 0 Å². The van der Waals surface area contributed by atoms with Gasteiger partial charge in [-0.15, -0.1) is 0 Å². The molecule has 1 aliphatic carbocycles. The number of para-hydroxylation sites is 1. The molecule has 0 amide bonds. The molecule has 0 heterocycles. The molecule has 0 aliphatic heterocycles. The van der Waals surface area contributed by atoms with Gasteiger partial charge in [-0.05, 0) is 42.0 Å². The van der Waals surface area contributed by atoms with E-state index < -0.39 is 0 Å². The Morgan fingerprint density at radius 1 is 0.944 bits per heavy atom. The zero-order chi connectivity index (χ0) is 12.5. The lowest BCUT2D eigenvalue weighted by Crippen LogP contribution is -1.94. The predicted octanol–water partition coefficient (Wildman–Crippen LogP) is 3.75. The van der Waals surface area contributed by atoms with Crippen LogP contribution in [0.2, 0.25) is 0 Å². The third-order valence-corrected chi connectivity index (χ3v) is 3.54. The highest BCUT2D eigenvalue weighted by molar-refractivity contribution is 5.77. The first-order valence-electron chi connectivity index (χ1n) is 6.12. The first kappa shape index (κ1) is 11.0. The maximum atomic E-state index is 11.1. The number of hydrogen-bond donors (Lipinski definition) is 0. The van der Waals surface area contributed by atoms with Gasteiger partial charge in [0.25, 0.3) is 5.69 Å². The summed E-state index contributed by atoms with van der Waals surface area (Å²) in [5.41, 5.74) is 4.58. The van der Waals surface area contributed by atoms with Crippen molar-refractivity contribution in [1.29, 1.82) is 0 Å². The zero-order valence-corrected chi connectivity index (χ0v) is 9.93. The Labute approximate surface area is 105 Å². The maximum absolute atomic E-state index is 11.1. The van der Waals surface area contributed by atoms with Crippen LogP contribution in [0.1, 0.15) is 17.5 Å². The number of hydrogen-bond acceptors (Lipinski definition) is 2. The number of rotatable bonds is 2. The molecule has 3 heteroatoms. The van der Waals surface area contributed by atoms with Crippen LogP contribution in [0.3, 0.4) is 0 Å². The van der Waals surface area contributed by atoms with Crippen LogP contribution in [0.15, 0.2) is 42.5 Å². The molecule has 0 radical (unpaired) electrons. The van der Waals surface area contributed by atoms with Crippen molar-refractivity contribution in [2.75, 3.05) is 0 Å². The van der Waals surface area contributed by atoms with Gasteiger partial charge >= 0.3 is 0 Å². The molecule has 0 aromatic heterocycles. The summed E-state index contributed by atoms with van der Waals surface area (Å²) in [5, 5.41) is 11.1. The summed E-state index contributed by atoms with van der Waals surface area (Å²) in [6.45, 7) is 0. The van der Waals surface area contributed by atoms with E-state index in [1.165, 1.54) is 11.1 Å². The SMILES string of the molecule is O=[N+]([O-])c1ccccc1-c1cccc2c1CCC2. The van der Waals surface area contributed by atoms with Gasteiger partial charge in [-0.3, -0.25) is 10.1 Å². The van der Waals surface area contributed by atoms with E-state index in [2.05, 4.69) is 6.07 Å². The molecular weight excluding hydrogens is 226 g/mol. The monoisotopic (exact) mass is 239 g/mol. The lowest BCUT2D eigenvalue weighted by atomic mass is 9.96. The number of fused-ring (bicyclic) bond motifs is 1. The molecule has 90 valence electrons. The Hall–Kier alpha value is -2.16. The molecule has 0 unspecified atom stereocenters. The van der Waals surface area contributed by atoms with Crippen LogP contribution in [0.4, 0.5) is 5.69 Å². The largest absolute Gasteiger partial charge is 0.277 e. The zero-order valence-electron chi connectivity index (χ0n) is 9.93. The third kappa shape index (κ3) is 1.68. The van der Waals surface area contributed by atoms with Crippen molar-refractivity contribution in [3.63, 3.8) is 0 Å². The van der Waals surface area contributed by atoms with E-state index in [0.29, 0.717) is 0 Å². The summed E-state index contributed by atoms with van der Waals surface area (Å²) < 4.78 is 0. The molecule has 0 spiro atoms. The van der Waals surface area contributed by atoms with E-state index in [1.807, 2.05) is 24.3 Å². The van der Waals surface area contributed by atoms with E-state index >= 15 is 0 Å². The second kappa shape index (κ2) is 4.26. The first-order valence-corrected chi connectivity index (χ1v) is 6.12. The van der Waals surface area contributed by atoms with Crippen LogP contribution in [0.25, 0.3) is 11.1 Å². The molecule has 18 heavy (non-hydrogen) atoms. The molecule has 1 aliphatic rings. The molecule has 2 aromatic rings. The van der Waals surface area contributed by atoms with Crippen LogP contribution in [0.5, 0.6) is 0 Å². The molecule has 0 bridgehead atoms. The van der Waals surface area contributed by atoms with Gasteiger partial charge in [-0.1, -0.05) is 30.3 Å². The summed E-state index contributed by atoms with van der Waals surface area (Å²) in [7, 11) is 0. The van der Waals surface area contributed by atoms with E-state index in [1.54, 1.807) is 12.1 Å². The Balaban J connectivity index is 2.22. The fourth-order valence-corrected chi connectivity index (χ4v) is 2.73. The quantitative estimate of drug-likeness (QED) is 0.591. The van der Waals surface area contributed by atoms with E-state index in [0.717, 1.165) is 30.4 Å². The number of nitro groups is 1. The van der Waals surface area contributed by atoms with Gasteiger partial charge in [-0.2, -0.15) is 0 Å². The molecular formula is C15H13NO2. The lowest BCUT2D eigenvalue weighted by Gasteiger charge is -2.08. The fourth-order valence-electron chi connectivity index (χ4n) is 2.73. The number of aryl methyl sites for hydroxylation is 1. The normalized spacial score (nSPS) is 13.3. The van der Waals surface area contributed by atoms with Crippen LogP contribution >= 0.6 is 0 Å². The molecule has 0 N–H and O–H groups in total. The van der Waals surface area contributed by atoms with Gasteiger partial charge in [0.15, 0.2) is 0 Å². The Morgan fingerprint density at radius 2 is 1.72 bits per heavy atom. The van der Waals surface area contributed by atoms with Crippen molar-refractivity contribution in [3.8, 4) is 11.1 Å². The summed E-state index contributed by atoms with van der Waals surface area (Å²) in [6, 6.07) is 13.1. The summed E-state index contributed by atoms with van der Waals surface area (Å²) in [6.07, 6.45) is 3.26. The maximum Gasteiger partial charge on any atom is 0.277 e. The second-order valence-corrected chi connectivity index (χ2v) is 4.57. The van der Waals surface area contributed by atoms with Gasteiger partial charge < -0.3 is 0 Å². The fraction of sp³-hybridized carbons (Fsp3) is 0.200. The van der Waals surface area contributed by atoms with Crippen molar-refractivity contribution in [2.45, 2.75) is 19.3 Å². The highest BCUT2D eigenvalue weighted by Crippen LogP contribution is 2.36. The Kier molecular flexibility index (Phi) is 2.59. The molecule has 0 atom stereocenters. The molecule has 3 nitrogen and oxygen atoms in total. The standard InChI is InChI=1S/C15H13NO2/c17-16(18)15-10-2-1-7-14(15)13-9-4-6-11-5-3-8-12(11)13/h1-2,4,6-7,9-10H,3,5,8H2. The van der Waals surface area contributed by atoms with Crippen LogP contribution < -0.4 is 0 Å². The summed E-state index contributed by atoms with van der Waals surface area (Å²) >= 11 is 0. The molecule has 0 saturated carbocycles. The van der Waals surface area contributed by atoms with E-state index in [-0.39, 0.29) is 10.6 Å². The highest BCUT2D eigenvalue weighted by Gasteiger charge is 2.20. The smallest absolute Gasteiger partial charge is 0.258 e. The minimum atomic E-state index is -0.302. The first-order chi connectivity index (χ1) is 8.77. The minimum Gasteiger partial charge on any atom is -0.258 e. The highest BCUT2D eigenvalue weighted by atomic mass is 16.6. The van der Waals surface area contributed by atoms with E-state index in [9.17, 15) is 10.1 Å². The third-order valence-electron chi connectivity index (χ3n) is 3.54. The molecule has 0 fully saturated rings. The van der Waals surface area contributed by atoms with Crippen molar-refractivity contribution in [1.82, 2.24) is 0 Å². The van der Waals surface area contributed by atoms with Crippen molar-refractivity contribution in [3.05, 3.63) is 63.7 Å². The Morgan fingerprint density at radius 3 is 2.56 bits per heavy atom. The van der Waals surface area contributed by atoms with Crippen LogP contribution in [-0.4, -0.2) is 4.92 Å². The number of nitrogens with zero attached hydrogens (tertiary/aromatic N) is 1. The second-order valence-electron chi connectivity index (χ2n) is 4.57. The lowest BCUT2D eigenvalue weighted by molar-refractivity contribution is -0.384. The molecule has 0 saturated heterocycles. The molecule has 3 rings (SSSR count). The van der Waals surface area contributed by atoms with Crippen LogP contribution in [-0.2, 0) is 12.8 Å². The topological polar surface area (TPSA) is 43.1 Å². The van der Waals surface area contributed by atoms with Gasteiger partial charge in [0, 0.05) is 6.07 Å². The van der Waals surface area contributed by atoms with Gasteiger partial charge in [-0.25, -0.2) is 0 Å². The van der Waals surface area contributed by atoms with Crippen molar-refractivity contribution < 1.29 is 4.92 Å². The van der Waals surface area contributed by atoms with Crippen LogP contribution in [0, 0.1) is 10.1 Å². The minimum absolute atomic E-state index is 0.192. The summed E-state index contributed by atoms with van der Waals surface area (Å²) in [5.74, 6) is 0.